The fourth-order valence-electron chi connectivity index (χ4n) is 7.13. The van der Waals surface area contributed by atoms with E-state index in [0.717, 1.165) is 55.0 Å². The molecule has 1 saturated carbocycles. The fourth-order valence-corrected chi connectivity index (χ4v) is 7.13. The molecule has 0 spiro atoms. The number of rotatable bonds is 6. The number of hydrogen-bond acceptors (Lipinski definition) is 7. The zero-order valence-electron chi connectivity index (χ0n) is 24.7. The number of fused-ring (bicyclic) bond motifs is 1. The Hall–Kier alpha value is -3.77. The van der Waals surface area contributed by atoms with Crippen molar-refractivity contribution in [1.29, 1.82) is 5.26 Å². The Balaban J connectivity index is 1.34. The molecule has 0 radical (unpaired) electrons. The number of carbonyl (C=O) groups excluding carboxylic acids is 1. The van der Waals surface area contributed by atoms with Crippen LogP contribution in [0, 0.1) is 23.2 Å². The van der Waals surface area contributed by atoms with Crippen molar-refractivity contribution >= 4 is 11.7 Å². The van der Waals surface area contributed by atoms with Gasteiger partial charge in [0, 0.05) is 31.1 Å². The minimum absolute atomic E-state index is 0.189. The molecule has 9 nitrogen and oxygen atoms in total. The number of benzene rings is 1. The van der Waals surface area contributed by atoms with Gasteiger partial charge in [-0.3, -0.25) is 9.69 Å². The van der Waals surface area contributed by atoms with Crippen LogP contribution >= 0.6 is 0 Å². The van der Waals surface area contributed by atoms with Gasteiger partial charge in [-0.2, -0.15) is 5.26 Å². The van der Waals surface area contributed by atoms with Crippen LogP contribution in [-0.2, 0) is 24.4 Å². The molecule has 2 aromatic heterocycles. The maximum Gasteiger partial charge on any atom is 0.260 e. The molecule has 9 heteroatoms. The number of aromatic nitrogens is 4. The molecule has 0 bridgehead atoms. The summed E-state index contributed by atoms with van der Waals surface area (Å²) in [6.45, 7) is 12.3. The number of hydrogen-bond donors (Lipinski definition) is 1. The van der Waals surface area contributed by atoms with Gasteiger partial charge in [0.15, 0.2) is 0 Å². The van der Waals surface area contributed by atoms with Crippen LogP contribution in [0.3, 0.4) is 0 Å². The minimum Gasteiger partial charge on any atom is -0.492 e. The summed E-state index contributed by atoms with van der Waals surface area (Å²) in [4.78, 5) is 20.9. The van der Waals surface area contributed by atoms with Crippen molar-refractivity contribution < 1.29 is 9.53 Å². The number of anilines is 1. The normalized spacial score (nSPS) is 25.1. The van der Waals surface area contributed by atoms with Gasteiger partial charge < -0.3 is 14.6 Å². The van der Waals surface area contributed by atoms with Crippen LogP contribution < -0.4 is 10.1 Å². The zero-order valence-corrected chi connectivity index (χ0v) is 24.7. The Morgan fingerprint density at radius 2 is 2.00 bits per heavy atom. The van der Waals surface area contributed by atoms with E-state index >= 15 is 0 Å². The molecule has 4 heterocycles. The predicted molar refractivity (Wildman–Crippen MR) is 156 cm³/mol. The first-order chi connectivity index (χ1) is 19.6. The molecule has 1 aliphatic carbocycles. The summed E-state index contributed by atoms with van der Waals surface area (Å²) in [6.07, 6.45) is 5.94. The molecular formula is C32H39N7O2. The summed E-state index contributed by atoms with van der Waals surface area (Å²) in [6, 6.07) is 10.1. The van der Waals surface area contributed by atoms with Crippen molar-refractivity contribution in [2.75, 3.05) is 25.0 Å². The highest BCUT2D eigenvalue weighted by Crippen LogP contribution is 2.52. The third-order valence-electron chi connectivity index (χ3n) is 9.11. The lowest BCUT2D eigenvalue weighted by molar-refractivity contribution is 0.102. The van der Waals surface area contributed by atoms with Gasteiger partial charge in [0.25, 0.3) is 5.91 Å². The van der Waals surface area contributed by atoms with Crippen LogP contribution in [0.25, 0.3) is 0 Å². The topological polar surface area (TPSA) is 109 Å². The first-order valence-corrected chi connectivity index (χ1v) is 14.7. The highest BCUT2D eigenvalue weighted by atomic mass is 16.5. The first kappa shape index (κ1) is 27.4. The highest BCUT2D eigenvalue weighted by molar-refractivity contribution is 6.06. The van der Waals surface area contributed by atoms with E-state index in [1.54, 1.807) is 6.33 Å². The third kappa shape index (κ3) is 4.99. The molecule has 1 aromatic carbocycles. The average molecular weight is 554 g/mol. The van der Waals surface area contributed by atoms with Crippen molar-refractivity contribution in [2.45, 2.75) is 70.8 Å². The molecule has 6 rings (SSSR count). The minimum atomic E-state index is -0.376. The predicted octanol–water partition coefficient (Wildman–Crippen LogP) is 4.95. The van der Waals surface area contributed by atoms with Crippen LogP contribution in [0.5, 0.6) is 5.75 Å². The lowest BCUT2D eigenvalue weighted by Gasteiger charge is -2.46. The summed E-state index contributed by atoms with van der Waals surface area (Å²) in [5.41, 5.74) is 3.31. The lowest BCUT2D eigenvalue weighted by Crippen LogP contribution is -2.43. The zero-order chi connectivity index (χ0) is 28.9. The smallest absolute Gasteiger partial charge is 0.260 e. The number of piperidine rings is 1. The molecule has 0 unspecified atom stereocenters. The summed E-state index contributed by atoms with van der Waals surface area (Å²) < 4.78 is 8.06. The molecule has 1 atom stereocenters. The second-order valence-electron chi connectivity index (χ2n) is 13.2. The van der Waals surface area contributed by atoms with E-state index in [0.29, 0.717) is 35.6 Å². The largest absolute Gasteiger partial charge is 0.492 e. The van der Waals surface area contributed by atoms with E-state index in [1.807, 2.05) is 29.8 Å². The molecule has 1 N–H and O–H groups in total. The number of nitrogens with one attached hydrogen (secondary N) is 1. The number of amides is 1. The Labute approximate surface area is 241 Å². The molecule has 41 heavy (non-hydrogen) atoms. The fraction of sp³-hybridized carbons (Fsp3) is 0.531. The van der Waals surface area contributed by atoms with E-state index in [9.17, 15) is 10.1 Å². The number of likely N-dealkylation sites (tertiary alicyclic amines) is 1. The van der Waals surface area contributed by atoms with Gasteiger partial charge in [-0.15, -0.1) is 10.2 Å². The van der Waals surface area contributed by atoms with Gasteiger partial charge in [0.1, 0.15) is 35.5 Å². The van der Waals surface area contributed by atoms with Gasteiger partial charge in [0.2, 0.25) is 0 Å². The maximum absolute atomic E-state index is 13.9. The second kappa shape index (κ2) is 10.3. The summed E-state index contributed by atoms with van der Waals surface area (Å²) in [7, 11) is 1.94. The summed E-state index contributed by atoms with van der Waals surface area (Å²) >= 11 is 0. The molecule has 214 valence electrons. The Bertz CT molecular complexity index is 1530. The second-order valence-corrected chi connectivity index (χ2v) is 13.2. The van der Waals surface area contributed by atoms with Crippen LogP contribution in [0.2, 0.25) is 0 Å². The van der Waals surface area contributed by atoms with Gasteiger partial charge in [-0.05, 0) is 73.4 Å². The van der Waals surface area contributed by atoms with E-state index in [1.165, 1.54) is 12.8 Å². The first-order valence-electron chi connectivity index (χ1n) is 14.7. The van der Waals surface area contributed by atoms with E-state index < -0.39 is 0 Å². The van der Waals surface area contributed by atoms with Crippen LogP contribution in [0.1, 0.15) is 91.9 Å². The standard InChI is InChI=1S/C32H39N7O2/c1-20-7-6-8-39(16-20)17-22-9-25(28-26(10-22)31(3,4)18-41-28)29(40)36-27-12-23(11-24(15-33)35-27)32(13-21(2)14-32)30-37-34-19-38(30)5/h9-12,19-21H,6-8,13-14,16-18H2,1-5H3,(H,35,36,40)/t20-,21?,32?/m0/s1. The van der Waals surface area contributed by atoms with Crippen LogP contribution in [-0.4, -0.2) is 50.3 Å². The van der Waals surface area contributed by atoms with Gasteiger partial charge in [-0.25, -0.2) is 4.98 Å². The number of carbonyl (C=O) groups is 1. The number of pyridine rings is 1. The molecule has 1 saturated heterocycles. The van der Waals surface area contributed by atoms with Gasteiger partial charge in [-0.1, -0.05) is 33.8 Å². The molecule has 3 aliphatic rings. The van der Waals surface area contributed by atoms with E-state index in [2.05, 4.69) is 65.2 Å². The number of ether oxygens (including phenoxy) is 1. The van der Waals surface area contributed by atoms with Crippen LogP contribution in [0.15, 0.2) is 30.6 Å². The van der Waals surface area contributed by atoms with Crippen LogP contribution in [0.4, 0.5) is 5.82 Å². The van der Waals surface area contributed by atoms with Crippen molar-refractivity contribution in [3.63, 3.8) is 0 Å². The van der Waals surface area contributed by atoms with Gasteiger partial charge >= 0.3 is 0 Å². The maximum atomic E-state index is 13.9. The van der Waals surface area contributed by atoms with E-state index in [4.69, 9.17) is 4.74 Å². The number of nitriles is 1. The highest BCUT2D eigenvalue weighted by Gasteiger charge is 2.48. The lowest BCUT2D eigenvalue weighted by atomic mass is 9.58. The van der Waals surface area contributed by atoms with Crippen molar-refractivity contribution in [3.8, 4) is 11.8 Å². The quantitative estimate of drug-likeness (QED) is 0.460. The molecule has 2 fully saturated rings. The molecular weight excluding hydrogens is 514 g/mol. The number of nitrogens with zero attached hydrogens (tertiary/aromatic N) is 6. The van der Waals surface area contributed by atoms with Crippen molar-refractivity contribution in [2.24, 2.45) is 18.9 Å². The van der Waals surface area contributed by atoms with Crippen molar-refractivity contribution in [3.05, 3.63) is 64.4 Å². The Kier molecular flexibility index (Phi) is 6.85. The summed E-state index contributed by atoms with van der Waals surface area (Å²) in [5, 5.41) is 21.4. The summed E-state index contributed by atoms with van der Waals surface area (Å²) in [5.74, 6) is 2.76. The average Bonchev–Trinajstić information content (AvgIpc) is 3.48. The third-order valence-corrected chi connectivity index (χ3v) is 9.11. The monoisotopic (exact) mass is 553 g/mol. The number of aryl methyl sites for hydroxylation is 1. The molecule has 1 amide bonds. The SMILES string of the molecule is CC1CC(c2cc(C#N)nc(NC(=O)c3cc(CN4CCC[C@H](C)C4)cc4c3OCC4(C)C)c2)(c2nncn2C)C1. The van der Waals surface area contributed by atoms with Gasteiger partial charge in [0.05, 0.1) is 17.6 Å². The van der Waals surface area contributed by atoms with Crippen molar-refractivity contribution in [1.82, 2.24) is 24.6 Å². The molecule has 2 aliphatic heterocycles. The van der Waals surface area contributed by atoms with E-state index in [-0.39, 0.29) is 22.4 Å². The Morgan fingerprint density at radius 1 is 1.20 bits per heavy atom. The molecule has 3 aromatic rings. The Morgan fingerprint density at radius 3 is 2.68 bits per heavy atom.